The first-order chi connectivity index (χ1) is 12.3. The smallest absolute Gasteiger partial charge is 0.327 e. The van der Waals surface area contributed by atoms with Crippen LogP contribution in [0.5, 0.6) is 0 Å². The fraction of sp³-hybridized carbons (Fsp3) is 0.889. The van der Waals surface area contributed by atoms with Gasteiger partial charge in [0.05, 0.1) is 19.6 Å². The molecule has 0 saturated carbocycles. The van der Waals surface area contributed by atoms with Gasteiger partial charge in [-0.1, -0.05) is 65.2 Å². The Labute approximate surface area is 157 Å². The van der Waals surface area contributed by atoms with Crippen molar-refractivity contribution in [1.82, 2.24) is 0 Å². The number of hydrogen-bond donors (Lipinski definition) is 1. The molecule has 7 nitrogen and oxygen atoms in total. The second-order valence-electron chi connectivity index (χ2n) is 6.42. The lowest BCUT2D eigenvalue weighted by Gasteiger charge is -2.13. The van der Waals surface area contributed by atoms with Gasteiger partial charge < -0.3 is 9.47 Å². The Hall–Kier alpha value is -1.15. The fourth-order valence-electron chi connectivity index (χ4n) is 2.38. The molecule has 0 aromatic carbocycles. The van der Waals surface area contributed by atoms with Crippen molar-refractivity contribution < 1.29 is 32.0 Å². The molecule has 1 atom stereocenters. The number of carbonyl (C=O) groups excluding carboxylic acids is 2. The molecule has 0 aliphatic rings. The molecule has 0 bridgehead atoms. The zero-order chi connectivity index (χ0) is 19.8. The first-order valence-electron chi connectivity index (χ1n) is 9.61. The normalized spacial score (nSPS) is 12.6. The molecule has 0 heterocycles. The van der Waals surface area contributed by atoms with Gasteiger partial charge in [0, 0.05) is 0 Å². The Morgan fingerprint density at radius 3 is 1.81 bits per heavy atom. The van der Waals surface area contributed by atoms with Gasteiger partial charge in [0.25, 0.3) is 10.1 Å². The van der Waals surface area contributed by atoms with Crippen LogP contribution < -0.4 is 0 Å². The minimum absolute atomic E-state index is 0.0725. The molecule has 0 aliphatic heterocycles. The summed E-state index contributed by atoms with van der Waals surface area (Å²) in [5, 5.41) is -1.93. The van der Waals surface area contributed by atoms with E-state index < -0.39 is 33.7 Å². The Balaban J connectivity index is 4.22. The van der Waals surface area contributed by atoms with E-state index in [1.807, 2.05) is 0 Å². The van der Waals surface area contributed by atoms with Gasteiger partial charge in [-0.05, 0) is 12.8 Å². The Morgan fingerprint density at radius 2 is 1.27 bits per heavy atom. The minimum Gasteiger partial charge on any atom is -0.466 e. The van der Waals surface area contributed by atoms with Gasteiger partial charge in [-0.15, -0.1) is 0 Å². The second kappa shape index (κ2) is 15.0. The van der Waals surface area contributed by atoms with Gasteiger partial charge in [0.2, 0.25) is 0 Å². The third kappa shape index (κ3) is 13.1. The molecule has 0 radical (unpaired) electrons. The maximum Gasteiger partial charge on any atom is 0.327 e. The largest absolute Gasteiger partial charge is 0.466 e. The third-order valence-corrected chi connectivity index (χ3v) is 5.06. The van der Waals surface area contributed by atoms with Crippen molar-refractivity contribution in [3.63, 3.8) is 0 Å². The van der Waals surface area contributed by atoms with E-state index in [-0.39, 0.29) is 13.2 Å². The molecule has 1 N–H and O–H groups in total. The molecule has 0 saturated heterocycles. The van der Waals surface area contributed by atoms with Crippen LogP contribution >= 0.6 is 0 Å². The van der Waals surface area contributed by atoms with Crippen LogP contribution in [0.3, 0.4) is 0 Å². The summed E-state index contributed by atoms with van der Waals surface area (Å²) in [6.07, 6.45) is 8.86. The molecule has 0 aromatic rings. The monoisotopic (exact) mass is 394 g/mol. The Bertz CT molecular complexity index is 488. The molecule has 0 fully saturated rings. The summed E-state index contributed by atoms with van der Waals surface area (Å²) in [5.74, 6) is -1.94. The van der Waals surface area contributed by atoms with Crippen molar-refractivity contribution in [2.24, 2.45) is 0 Å². The lowest BCUT2D eigenvalue weighted by Crippen LogP contribution is -2.34. The van der Waals surface area contributed by atoms with E-state index in [1.54, 1.807) is 0 Å². The highest BCUT2D eigenvalue weighted by molar-refractivity contribution is 7.87. The Kier molecular flexibility index (Phi) is 14.3. The van der Waals surface area contributed by atoms with Crippen molar-refractivity contribution in [3.05, 3.63) is 0 Å². The van der Waals surface area contributed by atoms with Crippen LogP contribution in [-0.2, 0) is 29.2 Å². The van der Waals surface area contributed by atoms with Gasteiger partial charge >= 0.3 is 11.9 Å². The summed E-state index contributed by atoms with van der Waals surface area (Å²) in [4.78, 5) is 23.6. The van der Waals surface area contributed by atoms with Gasteiger partial charge in [0.1, 0.15) is 0 Å². The van der Waals surface area contributed by atoms with Gasteiger partial charge in [-0.25, -0.2) is 0 Å². The average molecular weight is 395 g/mol. The highest BCUT2D eigenvalue weighted by Gasteiger charge is 2.35. The fourth-order valence-corrected chi connectivity index (χ4v) is 3.04. The minimum atomic E-state index is -4.73. The summed E-state index contributed by atoms with van der Waals surface area (Å²) >= 11 is 0. The quantitative estimate of drug-likeness (QED) is 0.242. The van der Waals surface area contributed by atoms with Crippen LogP contribution in [0.15, 0.2) is 0 Å². The van der Waals surface area contributed by atoms with Crippen LogP contribution in [0.25, 0.3) is 0 Å². The highest BCUT2D eigenvalue weighted by Crippen LogP contribution is 2.11. The van der Waals surface area contributed by atoms with Gasteiger partial charge in [-0.3, -0.25) is 14.1 Å². The average Bonchev–Trinajstić information content (AvgIpc) is 2.57. The van der Waals surface area contributed by atoms with E-state index in [9.17, 15) is 22.6 Å². The first kappa shape index (κ1) is 24.8. The summed E-state index contributed by atoms with van der Waals surface area (Å²) in [5.41, 5.74) is 0. The lowest BCUT2D eigenvalue weighted by atomic mass is 10.1. The number of carbonyl (C=O) groups is 2. The van der Waals surface area contributed by atoms with Crippen LogP contribution in [0.2, 0.25) is 0 Å². The zero-order valence-electron chi connectivity index (χ0n) is 16.1. The molecule has 8 heteroatoms. The molecular formula is C18H34O7S. The van der Waals surface area contributed by atoms with E-state index in [2.05, 4.69) is 13.8 Å². The predicted molar refractivity (Wildman–Crippen MR) is 99.4 cm³/mol. The zero-order valence-corrected chi connectivity index (χ0v) is 16.9. The first-order valence-corrected chi connectivity index (χ1v) is 11.1. The highest BCUT2D eigenvalue weighted by atomic mass is 32.2. The van der Waals surface area contributed by atoms with Crippen LogP contribution in [0, 0.1) is 0 Å². The number of unbranched alkanes of at least 4 members (excludes halogenated alkanes) is 8. The van der Waals surface area contributed by atoms with Crippen LogP contribution in [-0.4, -0.2) is 43.4 Å². The molecule has 1 unspecified atom stereocenters. The molecule has 0 amide bonds. The number of rotatable bonds is 16. The summed E-state index contributed by atoms with van der Waals surface area (Å²) in [7, 11) is -4.73. The molecule has 154 valence electrons. The van der Waals surface area contributed by atoms with Crippen LogP contribution in [0.4, 0.5) is 0 Å². The maximum absolute atomic E-state index is 11.9. The van der Waals surface area contributed by atoms with Crippen molar-refractivity contribution in [1.29, 1.82) is 0 Å². The van der Waals surface area contributed by atoms with Gasteiger partial charge in [0.15, 0.2) is 5.25 Å². The lowest BCUT2D eigenvalue weighted by molar-refractivity contribution is -0.150. The second-order valence-corrected chi connectivity index (χ2v) is 8.02. The molecular weight excluding hydrogens is 360 g/mol. The number of hydrogen-bond acceptors (Lipinski definition) is 6. The topological polar surface area (TPSA) is 107 Å². The van der Waals surface area contributed by atoms with Crippen molar-refractivity contribution in [3.8, 4) is 0 Å². The molecule has 0 rings (SSSR count). The van der Waals surface area contributed by atoms with E-state index in [4.69, 9.17) is 9.47 Å². The Morgan fingerprint density at radius 1 is 0.808 bits per heavy atom. The SMILES string of the molecule is CCCCCCCCOC(=O)C(CC(=O)OCCCCCC)S(=O)(=O)O. The van der Waals surface area contributed by atoms with Gasteiger partial charge in [-0.2, -0.15) is 8.42 Å². The number of ether oxygens (including phenoxy) is 2. The molecule has 0 spiro atoms. The molecule has 0 aromatic heterocycles. The third-order valence-electron chi connectivity index (χ3n) is 3.98. The standard InChI is InChI=1S/C18H34O7S/c1-3-5-7-9-10-12-14-25-18(20)16(26(21,22)23)15-17(19)24-13-11-8-6-4-2/h16H,3-15H2,1-2H3,(H,21,22,23). The predicted octanol–water partition coefficient (Wildman–Crippen LogP) is 3.66. The maximum atomic E-state index is 11.9. The van der Waals surface area contributed by atoms with E-state index in [0.717, 1.165) is 51.4 Å². The summed E-state index contributed by atoms with van der Waals surface area (Å²) in [6.45, 7) is 4.42. The molecule has 26 heavy (non-hydrogen) atoms. The molecule has 0 aliphatic carbocycles. The number of esters is 2. The van der Waals surface area contributed by atoms with Crippen molar-refractivity contribution in [2.75, 3.05) is 13.2 Å². The van der Waals surface area contributed by atoms with E-state index in [0.29, 0.717) is 12.8 Å². The summed E-state index contributed by atoms with van der Waals surface area (Å²) in [6, 6.07) is 0. The van der Waals surface area contributed by atoms with Crippen LogP contribution in [0.1, 0.15) is 84.5 Å². The van der Waals surface area contributed by atoms with E-state index >= 15 is 0 Å². The summed E-state index contributed by atoms with van der Waals surface area (Å²) < 4.78 is 41.8. The van der Waals surface area contributed by atoms with Crippen molar-refractivity contribution >= 4 is 22.1 Å². The van der Waals surface area contributed by atoms with Crippen molar-refractivity contribution in [2.45, 2.75) is 89.7 Å². The van der Waals surface area contributed by atoms with E-state index in [1.165, 1.54) is 0 Å².